The summed E-state index contributed by atoms with van der Waals surface area (Å²) in [6.07, 6.45) is 0. The number of hydrogen-bond acceptors (Lipinski definition) is 4. The SMILES string of the molecule is COc1ccc(OC)c(NCC(C)(C)CN)c1. The highest BCUT2D eigenvalue weighted by atomic mass is 16.5. The molecule has 0 radical (unpaired) electrons. The van der Waals surface area contributed by atoms with Crippen LogP contribution in [0.5, 0.6) is 11.5 Å². The van der Waals surface area contributed by atoms with Crippen molar-refractivity contribution in [3.63, 3.8) is 0 Å². The molecule has 0 bridgehead atoms. The van der Waals surface area contributed by atoms with E-state index in [4.69, 9.17) is 15.2 Å². The molecule has 0 amide bonds. The molecule has 0 saturated carbocycles. The van der Waals surface area contributed by atoms with Crippen LogP contribution in [0, 0.1) is 5.41 Å². The Morgan fingerprint density at radius 2 is 1.94 bits per heavy atom. The fourth-order valence-electron chi connectivity index (χ4n) is 1.36. The number of methoxy groups -OCH3 is 2. The van der Waals surface area contributed by atoms with Crippen LogP contribution in [0.15, 0.2) is 18.2 Å². The van der Waals surface area contributed by atoms with Crippen LogP contribution >= 0.6 is 0 Å². The summed E-state index contributed by atoms with van der Waals surface area (Å²) >= 11 is 0. The molecule has 3 N–H and O–H groups in total. The summed E-state index contributed by atoms with van der Waals surface area (Å²) in [5.41, 5.74) is 6.68. The first-order valence-electron chi connectivity index (χ1n) is 5.68. The normalized spacial score (nSPS) is 11.1. The molecule has 0 fully saturated rings. The van der Waals surface area contributed by atoms with Gasteiger partial charge < -0.3 is 20.5 Å². The topological polar surface area (TPSA) is 56.5 Å². The second kappa shape index (κ2) is 5.77. The molecule has 1 aromatic rings. The smallest absolute Gasteiger partial charge is 0.142 e. The number of rotatable bonds is 6. The third-order valence-electron chi connectivity index (χ3n) is 2.72. The zero-order valence-corrected chi connectivity index (χ0v) is 11.0. The minimum atomic E-state index is 0.0497. The van der Waals surface area contributed by atoms with E-state index in [2.05, 4.69) is 19.2 Å². The summed E-state index contributed by atoms with van der Waals surface area (Å²) in [4.78, 5) is 0. The van der Waals surface area contributed by atoms with E-state index >= 15 is 0 Å². The van der Waals surface area contributed by atoms with E-state index in [1.165, 1.54) is 0 Å². The van der Waals surface area contributed by atoms with E-state index < -0.39 is 0 Å². The van der Waals surface area contributed by atoms with E-state index in [9.17, 15) is 0 Å². The number of ether oxygens (including phenoxy) is 2. The van der Waals surface area contributed by atoms with Gasteiger partial charge in [0.05, 0.1) is 19.9 Å². The lowest BCUT2D eigenvalue weighted by atomic mass is 9.94. The van der Waals surface area contributed by atoms with Crippen molar-refractivity contribution in [3.05, 3.63) is 18.2 Å². The van der Waals surface area contributed by atoms with Crippen molar-refractivity contribution in [1.29, 1.82) is 0 Å². The van der Waals surface area contributed by atoms with Crippen molar-refractivity contribution < 1.29 is 9.47 Å². The average Bonchev–Trinajstić information content (AvgIpc) is 2.36. The van der Waals surface area contributed by atoms with Crippen molar-refractivity contribution >= 4 is 5.69 Å². The lowest BCUT2D eigenvalue weighted by Crippen LogP contribution is -2.31. The second-order valence-electron chi connectivity index (χ2n) is 4.79. The molecule has 0 spiro atoms. The van der Waals surface area contributed by atoms with Crippen molar-refractivity contribution in [2.45, 2.75) is 13.8 Å². The zero-order valence-electron chi connectivity index (χ0n) is 11.0. The molecule has 4 nitrogen and oxygen atoms in total. The van der Waals surface area contributed by atoms with Gasteiger partial charge in [0.15, 0.2) is 0 Å². The fourth-order valence-corrected chi connectivity index (χ4v) is 1.36. The number of anilines is 1. The number of benzene rings is 1. The standard InChI is InChI=1S/C13H22N2O2/c1-13(2,8-14)9-15-11-7-10(16-3)5-6-12(11)17-4/h5-7,15H,8-9,14H2,1-4H3. The van der Waals surface area contributed by atoms with Crippen molar-refractivity contribution in [2.75, 3.05) is 32.6 Å². The Morgan fingerprint density at radius 1 is 1.24 bits per heavy atom. The van der Waals surface area contributed by atoms with Gasteiger partial charge in [-0.15, -0.1) is 0 Å². The molecule has 0 saturated heterocycles. The van der Waals surface area contributed by atoms with Gasteiger partial charge in [0.1, 0.15) is 11.5 Å². The highest BCUT2D eigenvalue weighted by molar-refractivity contribution is 5.59. The van der Waals surface area contributed by atoms with E-state index in [1.54, 1.807) is 14.2 Å². The third-order valence-corrected chi connectivity index (χ3v) is 2.72. The number of nitrogens with two attached hydrogens (primary N) is 1. The maximum Gasteiger partial charge on any atom is 0.142 e. The van der Waals surface area contributed by atoms with E-state index in [1.807, 2.05) is 18.2 Å². The van der Waals surface area contributed by atoms with Crippen molar-refractivity contribution in [3.8, 4) is 11.5 Å². The van der Waals surface area contributed by atoms with Crippen LogP contribution in [0.4, 0.5) is 5.69 Å². The summed E-state index contributed by atoms with van der Waals surface area (Å²) in [6.45, 7) is 5.65. The van der Waals surface area contributed by atoms with Crippen LogP contribution in [0.1, 0.15) is 13.8 Å². The van der Waals surface area contributed by atoms with Crippen LogP contribution in [0.25, 0.3) is 0 Å². The molecule has 1 rings (SSSR count). The largest absolute Gasteiger partial charge is 0.497 e. The van der Waals surface area contributed by atoms with Gasteiger partial charge in [-0.05, 0) is 24.1 Å². The maximum atomic E-state index is 5.70. The van der Waals surface area contributed by atoms with Crippen LogP contribution in [-0.4, -0.2) is 27.3 Å². The molecule has 96 valence electrons. The Kier molecular flexibility index (Phi) is 4.63. The summed E-state index contributed by atoms with van der Waals surface area (Å²) in [6, 6.07) is 5.68. The van der Waals surface area contributed by atoms with Gasteiger partial charge in [-0.1, -0.05) is 13.8 Å². The Morgan fingerprint density at radius 3 is 2.47 bits per heavy atom. The first-order valence-corrected chi connectivity index (χ1v) is 5.68. The van der Waals surface area contributed by atoms with Crippen LogP contribution in [0.3, 0.4) is 0 Å². The molecule has 0 aromatic heterocycles. The average molecular weight is 238 g/mol. The Labute approximate surface area is 103 Å². The van der Waals surface area contributed by atoms with Crippen LogP contribution in [0.2, 0.25) is 0 Å². The van der Waals surface area contributed by atoms with E-state index in [0.717, 1.165) is 23.7 Å². The fraction of sp³-hybridized carbons (Fsp3) is 0.538. The Balaban J connectivity index is 2.81. The van der Waals surface area contributed by atoms with Crippen LogP contribution in [-0.2, 0) is 0 Å². The third kappa shape index (κ3) is 3.82. The van der Waals surface area contributed by atoms with Gasteiger partial charge in [-0.2, -0.15) is 0 Å². The quantitative estimate of drug-likeness (QED) is 0.797. The van der Waals surface area contributed by atoms with Crippen molar-refractivity contribution in [2.24, 2.45) is 11.1 Å². The Hall–Kier alpha value is -1.42. The van der Waals surface area contributed by atoms with Gasteiger partial charge in [-0.25, -0.2) is 0 Å². The molecule has 0 heterocycles. The predicted molar refractivity (Wildman–Crippen MR) is 70.9 cm³/mol. The van der Waals surface area contributed by atoms with Gasteiger partial charge in [0, 0.05) is 12.6 Å². The van der Waals surface area contributed by atoms with Gasteiger partial charge in [0.25, 0.3) is 0 Å². The minimum absolute atomic E-state index is 0.0497. The van der Waals surface area contributed by atoms with Gasteiger partial charge in [-0.3, -0.25) is 0 Å². The summed E-state index contributed by atoms with van der Waals surface area (Å²) < 4.78 is 10.5. The molecule has 0 aliphatic rings. The molecule has 0 unspecified atom stereocenters. The Bertz CT molecular complexity index is 364. The van der Waals surface area contributed by atoms with E-state index in [-0.39, 0.29) is 5.41 Å². The highest BCUT2D eigenvalue weighted by Crippen LogP contribution is 2.29. The summed E-state index contributed by atoms with van der Waals surface area (Å²) in [5, 5.41) is 3.35. The molecule has 17 heavy (non-hydrogen) atoms. The van der Waals surface area contributed by atoms with E-state index in [0.29, 0.717) is 6.54 Å². The molecule has 4 heteroatoms. The van der Waals surface area contributed by atoms with Crippen molar-refractivity contribution in [1.82, 2.24) is 0 Å². The number of nitrogens with one attached hydrogen (secondary N) is 1. The van der Waals surface area contributed by atoms with Gasteiger partial charge in [0.2, 0.25) is 0 Å². The zero-order chi connectivity index (χ0) is 12.9. The lowest BCUT2D eigenvalue weighted by molar-refractivity contribution is 0.395. The predicted octanol–water partition coefficient (Wildman–Crippen LogP) is 2.10. The molecule has 0 aliphatic carbocycles. The molecule has 1 aromatic carbocycles. The second-order valence-corrected chi connectivity index (χ2v) is 4.79. The highest BCUT2D eigenvalue weighted by Gasteiger charge is 2.16. The first kappa shape index (κ1) is 13.6. The first-order chi connectivity index (χ1) is 8.02. The molecule has 0 aliphatic heterocycles. The van der Waals surface area contributed by atoms with Gasteiger partial charge >= 0.3 is 0 Å². The molecular formula is C13H22N2O2. The monoisotopic (exact) mass is 238 g/mol. The summed E-state index contributed by atoms with van der Waals surface area (Å²) in [5.74, 6) is 1.61. The summed E-state index contributed by atoms with van der Waals surface area (Å²) in [7, 11) is 3.30. The molecular weight excluding hydrogens is 216 g/mol. The lowest BCUT2D eigenvalue weighted by Gasteiger charge is -2.24. The number of hydrogen-bond donors (Lipinski definition) is 2. The molecule has 0 atom stereocenters. The van der Waals surface area contributed by atoms with Crippen LogP contribution < -0.4 is 20.5 Å². The minimum Gasteiger partial charge on any atom is -0.497 e. The maximum absolute atomic E-state index is 5.70.